The maximum Gasteiger partial charge on any atom is 0.150 e. The largest absolute Gasteiger partial charge is 0.390 e. The summed E-state index contributed by atoms with van der Waals surface area (Å²) in [7, 11) is 0. The molecule has 0 amide bonds. The number of oxime groups is 1. The van der Waals surface area contributed by atoms with Crippen LogP contribution in [0.1, 0.15) is 0 Å². The monoisotopic (exact) mass is 226 g/mol. The fourth-order valence-corrected chi connectivity index (χ4v) is 1.73. The molecule has 2 heterocycles. The molecule has 3 nitrogen and oxygen atoms in total. The van der Waals surface area contributed by atoms with Crippen LogP contribution in [0.2, 0.25) is 0 Å². The fraction of sp³-hybridized carbons (Fsp3) is 0.800. The minimum absolute atomic E-state index is 0. The van der Waals surface area contributed by atoms with E-state index >= 15 is 0 Å². The number of hydrogen-bond donors (Lipinski definition) is 1. The Labute approximate surface area is 73.7 Å². The van der Waals surface area contributed by atoms with Gasteiger partial charge in [0, 0.05) is 13.1 Å². The van der Waals surface area contributed by atoms with E-state index in [0.29, 0.717) is 12.0 Å². The van der Waals surface area contributed by atoms with Crippen LogP contribution in [0.3, 0.4) is 0 Å². The van der Waals surface area contributed by atoms with Gasteiger partial charge >= 0.3 is 0 Å². The number of halogens is 2. The second-order valence-electron chi connectivity index (χ2n) is 2.32. The molecule has 0 aromatic heterocycles. The Hall–Kier alpha value is 0.200. The average molecular weight is 227 g/mol. The maximum absolute atomic E-state index is 5.07. The van der Waals surface area contributed by atoms with E-state index < -0.39 is 0 Å². The fourth-order valence-electron chi connectivity index (χ4n) is 1.19. The standard InChI is InChI=1S/C5H7BrN2O.ClH/c6-5-3-1-7-2-4(3)9-8-5;/h3-4,7H,1-2H2;1H. The molecule has 1 saturated heterocycles. The van der Waals surface area contributed by atoms with Crippen LogP contribution in [0.4, 0.5) is 0 Å². The first-order valence-electron chi connectivity index (χ1n) is 2.98. The van der Waals surface area contributed by atoms with Crippen LogP contribution < -0.4 is 5.32 Å². The molecule has 0 aromatic carbocycles. The lowest BCUT2D eigenvalue weighted by atomic mass is 10.1. The summed E-state index contributed by atoms with van der Waals surface area (Å²) in [5.74, 6) is 0.477. The lowest BCUT2D eigenvalue weighted by Crippen LogP contribution is -2.17. The second kappa shape index (κ2) is 3.07. The summed E-state index contributed by atoms with van der Waals surface area (Å²) in [4.78, 5) is 5.07. The van der Waals surface area contributed by atoms with Crippen LogP contribution in [0, 0.1) is 5.92 Å². The molecule has 1 N–H and O–H groups in total. The Bertz CT molecular complexity index is 164. The van der Waals surface area contributed by atoms with Gasteiger partial charge in [0.1, 0.15) is 10.7 Å². The number of rotatable bonds is 0. The van der Waals surface area contributed by atoms with Gasteiger partial charge in [-0.1, -0.05) is 5.16 Å². The summed E-state index contributed by atoms with van der Waals surface area (Å²) in [6.45, 7) is 1.93. The Morgan fingerprint density at radius 3 is 3.10 bits per heavy atom. The third-order valence-corrected chi connectivity index (χ3v) is 2.47. The third kappa shape index (κ3) is 1.15. The predicted molar refractivity (Wildman–Crippen MR) is 44.8 cm³/mol. The van der Waals surface area contributed by atoms with Gasteiger partial charge in [0.15, 0.2) is 0 Å². The molecule has 0 saturated carbocycles. The van der Waals surface area contributed by atoms with Gasteiger partial charge in [-0.05, 0) is 15.9 Å². The summed E-state index contributed by atoms with van der Waals surface area (Å²) < 4.78 is 0.956. The SMILES string of the molecule is BrC1=NOC2CNCC12.Cl. The quantitative estimate of drug-likeness (QED) is 0.662. The molecule has 1 fully saturated rings. The lowest BCUT2D eigenvalue weighted by Gasteiger charge is -2.01. The van der Waals surface area contributed by atoms with Crippen molar-refractivity contribution in [2.24, 2.45) is 11.1 Å². The first-order valence-corrected chi connectivity index (χ1v) is 3.77. The summed E-state index contributed by atoms with van der Waals surface area (Å²) in [5, 5.41) is 7.03. The normalized spacial score (nSPS) is 35.9. The van der Waals surface area contributed by atoms with Gasteiger partial charge in [0.05, 0.1) is 5.92 Å². The highest BCUT2D eigenvalue weighted by atomic mass is 79.9. The van der Waals surface area contributed by atoms with E-state index in [9.17, 15) is 0 Å². The summed E-state index contributed by atoms with van der Waals surface area (Å²) in [6, 6.07) is 0. The first-order chi connectivity index (χ1) is 4.38. The average Bonchev–Trinajstić information content (AvgIpc) is 2.35. The zero-order chi connectivity index (χ0) is 6.27. The number of nitrogens with zero attached hydrogens (tertiary/aromatic N) is 1. The minimum atomic E-state index is 0. The molecule has 2 atom stereocenters. The van der Waals surface area contributed by atoms with Crippen molar-refractivity contribution in [2.45, 2.75) is 6.10 Å². The van der Waals surface area contributed by atoms with Crippen molar-refractivity contribution in [1.29, 1.82) is 0 Å². The molecule has 2 aliphatic rings. The zero-order valence-corrected chi connectivity index (χ0v) is 7.61. The Balaban J connectivity index is 0.000000500. The molecule has 0 radical (unpaired) electrons. The Morgan fingerprint density at radius 1 is 1.60 bits per heavy atom. The smallest absolute Gasteiger partial charge is 0.150 e. The molecular formula is C5H8BrClN2O. The summed E-state index contributed by atoms with van der Waals surface area (Å²) >= 11 is 3.33. The molecule has 2 aliphatic heterocycles. The van der Waals surface area contributed by atoms with Gasteiger partial charge in [-0.2, -0.15) is 0 Å². The van der Waals surface area contributed by atoms with E-state index in [1.807, 2.05) is 0 Å². The van der Waals surface area contributed by atoms with E-state index in [1.54, 1.807) is 0 Å². The second-order valence-corrected chi connectivity index (χ2v) is 3.14. The first kappa shape index (κ1) is 8.30. The van der Waals surface area contributed by atoms with Crippen molar-refractivity contribution in [1.82, 2.24) is 5.32 Å². The predicted octanol–water partition coefficient (Wildman–Crippen LogP) is 0.735. The molecule has 0 spiro atoms. The molecule has 58 valence electrons. The van der Waals surface area contributed by atoms with Gasteiger partial charge in [0.25, 0.3) is 0 Å². The van der Waals surface area contributed by atoms with Gasteiger partial charge in [-0.3, -0.25) is 0 Å². The maximum atomic E-state index is 5.07. The molecular weight excluding hydrogens is 219 g/mol. The van der Waals surface area contributed by atoms with Crippen LogP contribution in [-0.2, 0) is 4.84 Å². The topological polar surface area (TPSA) is 33.6 Å². The van der Waals surface area contributed by atoms with E-state index in [4.69, 9.17) is 4.84 Å². The molecule has 2 rings (SSSR count). The highest BCUT2D eigenvalue weighted by molar-refractivity contribution is 9.18. The van der Waals surface area contributed by atoms with Crippen molar-refractivity contribution >= 4 is 33.0 Å². The summed E-state index contributed by atoms with van der Waals surface area (Å²) in [6.07, 6.45) is 0.291. The van der Waals surface area contributed by atoms with Crippen LogP contribution in [0.15, 0.2) is 5.16 Å². The molecule has 0 aromatic rings. The van der Waals surface area contributed by atoms with Gasteiger partial charge in [-0.25, -0.2) is 0 Å². The van der Waals surface area contributed by atoms with E-state index in [1.165, 1.54) is 0 Å². The third-order valence-electron chi connectivity index (χ3n) is 1.74. The number of nitrogens with one attached hydrogen (secondary N) is 1. The minimum Gasteiger partial charge on any atom is -0.390 e. The Morgan fingerprint density at radius 2 is 2.40 bits per heavy atom. The van der Waals surface area contributed by atoms with Gasteiger partial charge in [0.2, 0.25) is 0 Å². The van der Waals surface area contributed by atoms with E-state index in [-0.39, 0.29) is 12.4 Å². The molecule has 0 bridgehead atoms. The van der Waals surface area contributed by atoms with Crippen molar-refractivity contribution in [3.63, 3.8) is 0 Å². The van der Waals surface area contributed by atoms with Gasteiger partial charge in [-0.15, -0.1) is 12.4 Å². The lowest BCUT2D eigenvalue weighted by molar-refractivity contribution is 0.0842. The molecule has 10 heavy (non-hydrogen) atoms. The van der Waals surface area contributed by atoms with Crippen molar-refractivity contribution in [3.8, 4) is 0 Å². The van der Waals surface area contributed by atoms with Crippen LogP contribution in [0.5, 0.6) is 0 Å². The summed E-state index contributed by atoms with van der Waals surface area (Å²) in [5.41, 5.74) is 0. The van der Waals surface area contributed by atoms with Crippen LogP contribution in [0.25, 0.3) is 0 Å². The molecule has 2 unspecified atom stereocenters. The highest BCUT2D eigenvalue weighted by Crippen LogP contribution is 2.24. The van der Waals surface area contributed by atoms with Gasteiger partial charge < -0.3 is 10.2 Å². The van der Waals surface area contributed by atoms with Crippen molar-refractivity contribution in [2.75, 3.05) is 13.1 Å². The van der Waals surface area contributed by atoms with Crippen LogP contribution >= 0.6 is 28.3 Å². The number of fused-ring (bicyclic) bond motifs is 1. The van der Waals surface area contributed by atoms with E-state index in [0.717, 1.165) is 17.7 Å². The van der Waals surface area contributed by atoms with Crippen molar-refractivity contribution < 1.29 is 4.84 Å². The zero-order valence-electron chi connectivity index (χ0n) is 5.21. The van der Waals surface area contributed by atoms with E-state index in [2.05, 4.69) is 26.4 Å². The molecule has 5 heteroatoms. The molecule has 0 aliphatic carbocycles. The van der Waals surface area contributed by atoms with Crippen molar-refractivity contribution in [3.05, 3.63) is 0 Å². The Kier molecular flexibility index (Phi) is 2.55. The number of hydrogen-bond acceptors (Lipinski definition) is 3. The van der Waals surface area contributed by atoms with Crippen LogP contribution in [-0.4, -0.2) is 23.8 Å². The highest BCUT2D eigenvalue weighted by Gasteiger charge is 2.36.